The molecule has 0 heterocycles. The highest BCUT2D eigenvalue weighted by atomic mass is 16.2. The molecule has 13 heavy (non-hydrogen) atoms. The Labute approximate surface area is 78.5 Å². The van der Waals surface area contributed by atoms with Crippen LogP contribution < -0.4 is 4.90 Å². The van der Waals surface area contributed by atoms with E-state index >= 15 is 0 Å². The van der Waals surface area contributed by atoms with Gasteiger partial charge in [-0.2, -0.15) is 0 Å². The molecule has 0 spiro atoms. The first-order chi connectivity index (χ1) is 6.13. The van der Waals surface area contributed by atoms with Gasteiger partial charge in [0.1, 0.15) is 5.69 Å². The number of quaternary nitrogens is 1. The van der Waals surface area contributed by atoms with Crippen LogP contribution in [0.2, 0.25) is 0 Å². The minimum absolute atomic E-state index is 0.0335. The highest BCUT2D eigenvalue weighted by Crippen LogP contribution is 1.98. The summed E-state index contributed by atoms with van der Waals surface area (Å²) in [5.74, 6) is 0.0335. The van der Waals surface area contributed by atoms with Crippen LogP contribution in [-0.2, 0) is 4.79 Å². The molecule has 0 aromatic heterocycles. The summed E-state index contributed by atoms with van der Waals surface area (Å²) >= 11 is 0. The second kappa shape index (κ2) is 4.01. The van der Waals surface area contributed by atoms with Gasteiger partial charge in [0.15, 0.2) is 0 Å². The Morgan fingerprint density at radius 2 is 1.85 bits per heavy atom. The lowest BCUT2D eigenvalue weighted by atomic mass is 10.2. The zero-order chi connectivity index (χ0) is 9.84. The van der Waals surface area contributed by atoms with Crippen LogP contribution in [0, 0.1) is 0 Å². The van der Waals surface area contributed by atoms with E-state index in [0.29, 0.717) is 5.57 Å². The Bertz CT molecular complexity index is 316. The zero-order valence-electron chi connectivity index (χ0n) is 8.00. The van der Waals surface area contributed by atoms with Gasteiger partial charge in [-0.15, -0.1) is 0 Å². The lowest BCUT2D eigenvalue weighted by Gasteiger charge is -2.09. The first-order valence-electron chi connectivity index (χ1n) is 4.22. The van der Waals surface area contributed by atoms with Crippen LogP contribution in [-0.4, -0.2) is 13.0 Å². The molecule has 0 aliphatic heterocycles. The number of nitrogens with one attached hydrogen (secondary N) is 1. The van der Waals surface area contributed by atoms with Gasteiger partial charge in [-0.1, -0.05) is 24.8 Å². The van der Waals surface area contributed by atoms with E-state index in [9.17, 15) is 4.79 Å². The molecule has 0 aliphatic rings. The standard InChI is InChI=1S/C11H13NO/c1-9(2)11(13)12(3)10-7-5-4-6-8-10/h4-8H,1H2,2-3H3/p+1. The monoisotopic (exact) mass is 176 g/mol. The number of hydrogen-bond donors (Lipinski definition) is 1. The predicted molar refractivity (Wildman–Crippen MR) is 52.8 cm³/mol. The van der Waals surface area contributed by atoms with Crippen molar-refractivity contribution in [2.24, 2.45) is 0 Å². The van der Waals surface area contributed by atoms with Gasteiger partial charge in [-0.3, -0.25) is 0 Å². The van der Waals surface area contributed by atoms with Crippen molar-refractivity contribution < 1.29 is 9.69 Å². The van der Waals surface area contributed by atoms with Crippen LogP contribution in [0.15, 0.2) is 42.5 Å². The molecular weight excluding hydrogens is 162 g/mol. The van der Waals surface area contributed by atoms with E-state index in [0.717, 1.165) is 10.6 Å². The SMILES string of the molecule is C=C(C)C(=O)[NH+](C)c1ccccc1. The summed E-state index contributed by atoms with van der Waals surface area (Å²) in [7, 11) is 1.83. The molecule has 0 aliphatic carbocycles. The van der Waals surface area contributed by atoms with E-state index in [2.05, 4.69) is 6.58 Å². The van der Waals surface area contributed by atoms with Crippen LogP contribution in [0.3, 0.4) is 0 Å². The van der Waals surface area contributed by atoms with Crippen molar-refractivity contribution in [3.05, 3.63) is 42.5 Å². The molecule has 2 nitrogen and oxygen atoms in total. The van der Waals surface area contributed by atoms with Crippen molar-refractivity contribution in [1.82, 2.24) is 0 Å². The van der Waals surface area contributed by atoms with E-state index in [-0.39, 0.29) is 5.91 Å². The fraction of sp³-hybridized carbons (Fsp3) is 0.182. The molecule has 0 saturated carbocycles. The number of para-hydroxylation sites is 1. The van der Waals surface area contributed by atoms with Gasteiger partial charge in [0.2, 0.25) is 0 Å². The summed E-state index contributed by atoms with van der Waals surface area (Å²) in [6.07, 6.45) is 0. The van der Waals surface area contributed by atoms with E-state index < -0.39 is 0 Å². The quantitative estimate of drug-likeness (QED) is 0.665. The second-order valence-electron chi connectivity index (χ2n) is 3.10. The summed E-state index contributed by atoms with van der Waals surface area (Å²) in [6.45, 7) is 5.36. The molecule has 1 N–H and O–H groups in total. The largest absolute Gasteiger partial charge is 0.344 e. The molecule has 1 atom stereocenters. The Morgan fingerprint density at radius 3 is 2.31 bits per heavy atom. The van der Waals surface area contributed by atoms with Crippen LogP contribution >= 0.6 is 0 Å². The van der Waals surface area contributed by atoms with E-state index in [4.69, 9.17) is 0 Å². The molecule has 68 valence electrons. The molecule has 1 unspecified atom stereocenters. The average Bonchev–Trinajstić information content (AvgIpc) is 2.17. The third-order valence-corrected chi connectivity index (χ3v) is 1.94. The van der Waals surface area contributed by atoms with Crippen molar-refractivity contribution in [3.63, 3.8) is 0 Å². The van der Waals surface area contributed by atoms with Crippen LogP contribution in [0.4, 0.5) is 5.69 Å². The number of carbonyl (C=O) groups is 1. The molecule has 0 saturated heterocycles. The highest BCUT2D eigenvalue weighted by molar-refractivity contribution is 5.86. The smallest absolute Gasteiger partial charge is 0.238 e. The number of likely N-dealkylation sites (N-methyl/N-ethyl adjacent to an activating group) is 1. The first kappa shape index (κ1) is 9.68. The minimum Gasteiger partial charge on any atom is -0.238 e. The molecule has 1 amide bonds. The fourth-order valence-electron chi connectivity index (χ4n) is 1.14. The lowest BCUT2D eigenvalue weighted by molar-refractivity contribution is -0.722. The Morgan fingerprint density at radius 1 is 1.31 bits per heavy atom. The average molecular weight is 176 g/mol. The van der Waals surface area contributed by atoms with Crippen molar-refractivity contribution >= 4 is 11.6 Å². The summed E-state index contributed by atoms with van der Waals surface area (Å²) in [5, 5.41) is 0. The summed E-state index contributed by atoms with van der Waals surface area (Å²) < 4.78 is 0. The molecule has 1 aromatic rings. The molecule has 0 bridgehead atoms. The Hall–Kier alpha value is -1.41. The van der Waals surface area contributed by atoms with Crippen LogP contribution in [0.25, 0.3) is 0 Å². The van der Waals surface area contributed by atoms with Crippen LogP contribution in [0.1, 0.15) is 6.92 Å². The van der Waals surface area contributed by atoms with Crippen molar-refractivity contribution in [2.45, 2.75) is 6.92 Å². The van der Waals surface area contributed by atoms with Crippen LogP contribution in [0.5, 0.6) is 0 Å². The number of hydrogen-bond acceptors (Lipinski definition) is 1. The summed E-state index contributed by atoms with van der Waals surface area (Å²) in [5.41, 5.74) is 1.55. The number of benzene rings is 1. The van der Waals surface area contributed by atoms with E-state index in [1.54, 1.807) is 6.92 Å². The maximum atomic E-state index is 11.5. The molecule has 0 fully saturated rings. The normalized spacial score (nSPS) is 12.2. The van der Waals surface area contributed by atoms with Crippen molar-refractivity contribution in [2.75, 3.05) is 7.05 Å². The first-order valence-corrected chi connectivity index (χ1v) is 4.22. The number of carbonyl (C=O) groups excluding carboxylic acids is 1. The number of rotatable bonds is 2. The van der Waals surface area contributed by atoms with Crippen molar-refractivity contribution in [1.29, 1.82) is 0 Å². The predicted octanol–water partition coefficient (Wildman–Crippen LogP) is 0.935. The molecule has 2 heteroatoms. The number of amides is 1. The second-order valence-corrected chi connectivity index (χ2v) is 3.10. The van der Waals surface area contributed by atoms with Gasteiger partial charge in [0, 0.05) is 5.57 Å². The third-order valence-electron chi connectivity index (χ3n) is 1.94. The Balaban J connectivity index is 2.86. The summed E-state index contributed by atoms with van der Waals surface area (Å²) in [6, 6.07) is 9.63. The topological polar surface area (TPSA) is 21.5 Å². The summed E-state index contributed by atoms with van der Waals surface area (Å²) in [4.78, 5) is 12.3. The van der Waals surface area contributed by atoms with Gasteiger partial charge >= 0.3 is 5.91 Å². The van der Waals surface area contributed by atoms with Crippen molar-refractivity contribution in [3.8, 4) is 0 Å². The lowest BCUT2D eigenvalue weighted by Crippen LogP contribution is -3.07. The zero-order valence-corrected chi connectivity index (χ0v) is 8.00. The molecule has 1 rings (SSSR count). The maximum Gasteiger partial charge on any atom is 0.344 e. The Kier molecular flexibility index (Phi) is 2.98. The molecule has 1 aromatic carbocycles. The highest BCUT2D eigenvalue weighted by Gasteiger charge is 2.16. The molecular formula is C11H14NO+. The van der Waals surface area contributed by atoms with E-state index in [1.807, 2.05) is 37.4 Å². The van der Waals surface area contributed by atoms with Gasteiger partial charge in [0.25, 0.3) is 0 Å². The fourth-order valence-corrected chi connectivity index (χ4v) is 1.14. The third kappa shape index (κ3) is 2.26. The van der Waals surface area contributed by atoms with E-state index in [1.165, 1.54) is 0 Å². The maximum absolute atomic E-state index is 11.5. The van der Waals surface area contributed by atoms with Gasteiger partial charge in [0.05, 0.1) is 7.05 Å². The molecule has 0 radical (unpaired) electrons. The van der Waals surface area contributed by atoms with Gasteiger partial charge in [-0.25, -0.2) is 9.69 Å². The van der Waals surface area contributed by atoms with Gasteiger partial charge in [-0.05, 0) is 19.1 Å². The minimum atomic E-state index is 0.0335. The van der Waals surface area contributed by atoms with Gasteiger partial charge < -0.3 is 0 Å².